The smallest absolute Gasteiger partial charge is 0.350 e. The Morgan fingerprint density at radius 1 is 1.65 bits per heavy atom. The third-order valence-electron chi connectivity index (χ3n) is 2.66. The lowest BCUT2D eigenvalue weighted by Gasteiger charge is -2.22. The van der Waals surface area contributed by atoms with Gasteiger partial charge in [-0.05, 0) is 19.8 Å². The number of carbonyl (C=O) groups excluding carboxylic acids is 1. The van der Waals surface area contributed by atoms with Gasteiger partial charge in [-0.2, -0.15) is 0 Å². The van der Waals surface area contributed by atoms with E-state index in [0.717, 1.165) is 24.6 Å². The molecule has 0 aromatic carbocycles. The number of hydrogen-bond acceptors (Lipinski definition) is 6. The molecule has 6 heteroatoms. The molecule has 1 fully saturated rings. The summed E-state index contributed by atoms with van der Waals surface area (Å²) >= 11 is 1.33. The predicted octanol–water partition coefficient (Wildman–Crippen LogP) is 1.83. The highest BCUT2D eigenvalue weighted by atomic mass is 32.1. The molecule has 1 aromatic rings. The molecule has 5 nitrogen and oxygen atoms in total. The van der Waals surface area contributed by atoms with Crippen LogP contribution >= 0.6 is 11.3 Å². The third kappa shape index (κ3) is 2.95. The molecule has 1 aromatic heterocycles. The Hall–Kier alpha value is -1.14. The van der Waals surface area contributed by atoms with E-state index in [1.54, 1.807) is 0 Å². The highest BCUT2D eigenvalue weighted by Crippen LogP contribution is 2.24. The Labute approximate surface area is 104 Å². The Kier molecular flexibility index (Phi) is 3.96. The largest absolute Gasteiger partial charge is 0.465 e. The third-order valence-corrected chi connectivity index (χ3v) is 3.72. The van der Waals surface area contributed by atoms with E-state index >= 15 is 0 Å². The SMILES string of the molecule is COC(=O)c1sc(NC2CCCOC2)nc1C. The van der Waals surface area contributed by atoms with E-state index in [1.807, 2.05) is 6.92 Å². The molecule has 1 atom stereocenters. The normalized spacial score (nSPS) is 20.0. The van der Waals surface area contributed by atoms with Crippen molar-refractivity contribution < 1.29 is 14.3 Å². The fourth-order valence-corrected chi connectivity index (χ4v) is 2.73. The molecule has 2 heterocycles. The maximum atomic E-state index is 11.4. The molecule has 0 spiro atoms. The number of aromatic nitrogens is 1. The number of nitrogens with one attached hydrogen (secondary N) is 1. The van der Waals surface area contributed by atoms with Gasteiger partial charge in [-0.25, -0.2) is 9.78 Å². The molecule has 0 radical (unpaired) electrons. The average Bonchev–Trinajstić information content (AvgIpc) is 2.70. The van der Waals surface area contributed by atoms with E-state index in [1.165, 1.54) is 18.4 Å². The Bertz CT molecular complexity index is 399. The molecular formula is C11H16N2O3S. The van der Waals surface area contributed by atoms with Crippen molar-refractivity contribution in [3.8, 4) is 0 Å². The van der Waals surface area contributed by atoms with E-state index in [-0.39, 0.29) is 5.97 Å². The van der Waals surface area contributed by atoms with Gasteiger partial charge in [0.2, 0.25) is 0 Å². The van der Waals surface area contributed by atoms with Crippen molar-refractivity contribution in [2.24, 2.45) is 0 Å². The van der Waals surface area contributed by atoms with Crippen molar-refractivity contribution in [1.29, 1.82) is 0 Å². The van der Waals surface area contributed by atoms with Gasteiger partial charge in [0.15, 0.2) is 5.13 Å². The van der Waals surface area contributed by atoms with Gasteiger partial charge in [-0.1, -0.05) is 11.3 Å². The van der Waals surface area contributed by atoms with Crippen LogP contribution in [0.15, 0.2) is 0 Å². The van der Waals surface area contributed by atoms with Gasteiger partial charge in [-0.3, -0.25) is 0 Å². The van der Waals surface area contributed by atoms with E-state index in [0.29, 0.717) is 23.2 Å². The lowest BCUT2D eigenvalue weighted by Crippen LogP contribution is -2.29. The second-order valence-electron chi connectivity index (χ2n) is 3.98. The van der Waals surface area contributed by atoms with Gasteiger partial charge in [0.1, 0.15) is 4.88 Å². The standard InChI is InChI=1S/C11H16N2O3S/c1-7-9(10(14)15-2)17-11(12-7)13-8-4-3-5-16-6-8/h8H,3-6H2,1-2H3,(H,12,13). The zero-order valence-corrected chi connectivity index (χ0v) is 10.8. The van der Waals surface area contributed by atoms with Crippen LogP contribution in [-0.4, -0.2) is 37.3 Å². The maximum absolute atomic E-state index is 11.4. The van der Waals surface area contributed by atoms with Crippen molar-refractivity contribution in [3.05, 3.63) is 10.6 Å². The van der Waals surface area contributed by atoms with E-state index in [4.69, 9.17) is 9.47 Å². The number of nitrogens with zero attached hydrogens (tertiary/aromatic N) is 1. The van der Waals surface area contributed by atoms with Crippen LogP contribution in [0.25, 0.3) is 0 Å². The number of methoxy groups -OCH3 is 1. The Morgan fingerprint density at radius 3 is 3.12 bits per heavy atom. The molecule has 17 heavy (non-hydrogen) atoms. The molecule has 0 saturated carbocycles. The summed E-state index contributed by atoms with van der Waals surface area (Å²) in [5, 5.41) is 4.06. The number of carbonyl (C=O) groups is 1. The quantitative estimate of drug-likeness (QED) is 0.836. The average molecular weight is 256 g/mol. The minimum absolute atomic E-state index is 0.291. The van der Waals surface area contributed by atoms with Gasteiger partial charge < -0.3 is 14.8 Å². The number of thiazole rings is 1. The molecule has 1 saturated heterocycles. The monoisotopic (exact) mass is 256 g/mol. The predicted molar refractivity (Wildman–Crippen MR) is 65.7 cm³/mol. The first kappa shape index (κ1) is 12.3. The first-order chi connectivity index (χ1) is 8.20. The van der Waals surface area contributed by atoms with Gasteiger partial charge >= 0.3 is 5.97 Å². The molecule has 0 bridgehead atoms. The van der Waals surface area contributed by atoms with Crippen molar-refractivity contribution >= 4 is 22.4 Å². The topological polar surface area (TPSA) is 60.5 Å². The van der Waals surface area contributed by atoms with Gasteiger partial charge in [0.25, 0.3) is 0 Å². The Morgan fingerprint density at radius 2 is 2.47 bits per heavy atom. The van der Waals surface area contributed by atoms with Crippen molar-refractivity contribution in [2.75, 3.05) is 25.6 Å². The maximum Gasteiger partial charge on any atom is 0.350 e. The van der Waals surface area contributed by atoms with Crippen LogP contribution in [0.4, 0.5) is 5.13 Å². The number of aryl methyl sites for hydroxylation is 1. The molecule has 0 amide bonds. The van der Waals surface area contributed by atoms with Crippen molar-refractivity contribution in [1.82, 2.24) is 4.98 Å². The number of ether oxygens (including phenoxy) is 2. The highest BCUT2D eigenvalue weighted by molar-refractivity contribution is 7.17. The fraction of sp³-hybridized carbons (Fsp3) is 0.636. The van der Waals surface area contributed by atoms with Gasteiger partial charge in [0.05, 0.1) is 25.5 Å². The van der Waals surface area contributed by atoms with Crippen molar-refractivity contribution in [3.63, 3.8) is 0 Å². The van der Waals surface area contributed by atoms with Crippen molar-refractivity contribution in [2.45, 2.75) is 25.8 Å². The summed E-state index contributed by atoms with van der Waals surface area (Å²) in [4.78, 5) is 16.3. The molecule has 1 N–H and O–H groups in total. The molecule has 2 rings (SSSR count). The fourth-order valence-electron chi connectivity index (χ4n) is 1.77. The van der Waals surface area contributed by atoms with E-state index in [9.17, 15) is 4.79 Å². The van der Waals surface area contributed by atoms with Crippen LogP contribution in [0.5, 0.6) is 0 Å². The van der Waals surface area contributed by atoms with Crippen LogP contribution in [0.1, 0.15) is 28.2 Å². The Balaban J connectivity index is 2.03. The van der Waals surface area contributed by atoms with Crippen LogP contribution in [-0.2, 0) is 9.47 Å². The first-order valence-corrected chi connectivity index (χ1v) is 6.42. The van der Waals surface area contributed by atoms with E-state index in [2.05, 4.69) is 10.3 Å². The summed E-state index contributed by atoms with van der Waals surface area (Å²) in [6.45, 7) is 3.35. The molecule has 1 unspecified atom stereocenters. The number of hydrogen-bond donors (Lipinski definition) is 1. The molecule has 1 aliphatic rings. The zero-order valence-electron chi connectivity index (χ0n) is 9.99. The summed E-state index contributed by atoms with van der Waals surface area (Å²) in [7, 11) is 1.38. The summed E-state index contributed by atoms with van der Waals surface area (Å²) in [6, 6.07) is 0.291. The first-order valence-electron chi connectivity index (χ1n) is 5.60. The zero-order chi connectivity index (χ0) is 12.3. The molecule has 94 valence electrons. The lowest BCUT2D eigenvalue weighted by atomic mass is 10.1. The van der Waals surface area contributed by atoms with Gasteiger partial charge in [0, 0.05) is 6.61 Å². The second-order valence-corrected chi connectivity index (χ2v) is 4.98. The summed E-state index contributed by atoms with van der Waals surface area (Å²) in [6.07, 6.45) is 2.14. The number of anilines is 1. The summed E-state index contributed by atoms with van der Waals surface area (Å²) < 4.78 is 10.1. The summed E-state index contributed by atoms with van der Waals surface area (Å²) in [5.74, 6) is -0.326. The lowest BCUT2D eigenvalue weighted by molar-refractivity contribution is 0.0605. The molecular weight excluding hydrogens is 240 g/mol. The number of esters is 1. The van der Waals surface area contributed by atoms with Gasteiger partial charge in [-0.15, -0.1) is 0 Å². The molecule has 0 aliphatic carbocycles. The minimum atomic E-state index is -0.326. The van der Waals surface area contributed by atoms with Crippen LogP contribution in [0.2, 0.25) is 0 Å². The molecule has 1 aliphatic heterocycles. The minimum Gasteiger partial charge on any atom is -0.465 e. The number of rotatable bonds is 3. The second kappa shape index (κ2) is 5.46. The van der Waals surface area contributed by atoms with Crippen LogP contribution in [0, 0.1) is 6.92 Å². The highest BCUT2D eigenvalue weighted by Gasteiger charge is 2.19. The van der Waals surface area contributed by atoms with Crippen LogP contribution < -0.4 is 5.32 Å². The van der Waals surface area contributed by atoms with E-state index < -0.39 is 0 Å². The van der Waals surface area contributed by atoms with Crippen LogP contribution in [0.3, 0.4) is 0 Å². The summed E-state index contributed by atoms with van der Waals surface area (Å²) in [5.41, 5.74) is 0.709.